The van der Waals surface area contributed by atoms with E-state index < -0.39 is 0 Å². The van der Waals surface area contributed by atoms with Crippen LogP contribution in [-0.2, 0) is 13.6 Å². The highest BCUT2D eigenvalue weighted by Gasteiger charge is 2.10. The SMILES string of the molecule is CCCNCc1cn(C)nc1-c1ccc(F)cn1. The van der Waals surface area contributed by atoms with Gasteiger partial charge in [-0.2, -0.15) is 5.10 Å². The Morgan fingerprint density at radius 2 is 2.22 bits per heavy atom. The number of aromatic nitrogens is 3. The molecule has 0 saturated carbocycles. The van der Waals surface area contributed by atoms with E-state index in [1.807, 2.05) is 13.2 Å². The lowest BCUT2D eigenvalue weighted by Gasteiger charge is -2.03. The molecule has 1 N–H and O–H groups in total. The minimum absolute atomic E-state index is 0.333. The molecule has 0 bridgehead atoms. The third-order valence-electron chi connectivity index (χ3n) is 2.62. The van der Waals surface area contributed by atoms with Crippen molar-refractivity contribution in [2.75, 3.05) is 6.54 Å². The monoisotopic (exact) mass is 248 g/mol. The lowest BCUT2D eigenvalue weighted by atomic mass is 10.2. The van der Waals surface area contributed by atoms with Crippen LogP contribution in [0.3, 0.4) is 0 Å². The van der Waals surface area contributed by atoms with Crippen LogP contribution in [0.1, 0.15) is 18.9 Å². The normalized spacial score (nSPS) is 10.8. The minimum Gasteiger partial charge on any atom is -0.313 e. The molecule has 18 heavy (non-hydrogen) atoms. The zero-order valence-electron chi connectivity index (χ0n) is 10.7. The third kappa shape index (κ3) is 2.92. The van der Waals surface area contributed by atoms with Gasteiger partial charge in [-0.05, 0) is 25.1 Å². The Bertz CT molecular complexity index is 504. The molecule has 2 aromatic heterocycles. The van der Waals surface area contributed by atoms with Gasteiger partial charge in [-0.1, -0.05) is 6.92 Å². The van der Waals surface area contributed by atoms with E-state index in [9.17, 15) is 4.39 Å². The van der Waals surface area contributed by atoms with Gasteiger partial charge in [0.25, 0.3) is 0 Å². The summed E-state index contributed by atoms with van der Waals surface area (Å²) in [5.74, 6) is -0.333. The Morgan fingerprint density at radius 3 is 2.89 bits per heavy atom. The number of pyridine rings is 1. The summed E-state index contributed by atoms with van der Waals surface area (Å²) in [4.78, 5) is 4.07. The van der Waals surface area contributed by atoms with Crippen molar-refractivity contribution < 1.29 is 4.39 Å². The summed E-state index contributed by atoms with van der Waals surface area (Å²) in [7, 11) is 1.87. The van der Waals surface area contributed by atoms with Crippen molar-refractivity contribution in [2.24, 2.45) is 7.05 Å². The first kappa shape index (κ1) is 12.7. The van der Waals surface area contributed by atoms with Gasteiger partial charge < -0.3 is 5.32 Å². The van der Waals surface area contributed by atoms with Gasteiger partial charge in [-0.15, -0.1) is 0 Å². The molecule has 0 spiro atoms. The Morgan fingerprint density at radius 1 is 1.39 bits per heavy atom. The summed E-state index contributed by atoms with van der Waals surface area (Å²) in [5, 5.41) is 7.71. The molecule has 4 nitrogen and oxygen atoms in total. The van der Waals surface area contributed by atoms with Crippen molar-refractivity contribution in [3.8, 4) is 11.4 Å². The van der Waals surface area contributed by atoms with Gasteiger partial charge in [0.2, 0.25) is 0 Å². The number of nitrogens with one attached hydrogen (secondary N) is 1. The molecule has 0 aliphatic rings. The number of hydrogen-bond acceptors (Lipinski definition) is 3. The quantitative estimate of drug-likeness (QED) is 0.824. The summed E-state index contributed by atoms with van der Waals surface area (Å²) < 4.78 is 14.6. The van der Waals surface area contributed by atoms with E-state index in [2.05, 4.69) is 22.3 Å². The molecule has 0 aromatic carbocycles. The zero-order valence-corrected chi connectivity index (χ0v) is 10.7. The third-order valence-corrected chi connectivity index (χ3v) is 2.62. The number of aryl methyl sites for hydroxylation is 1. The van der Waals surface area contributed by atoms with E-state index in [-0.39, 0.29) is 5.82 Å². The first-order chi connectivity index (χ1) is 8.70. The molecule has 96 valence electrons. The number of hydrogen-bond donors (Lipinski definition) is 1. The molecule has 0 fully saturated rings. The van der Waals surface area contributed by atoms with E-state index in [0.717, 1.165) is 30.8 Å². The lowest BCUT2D eigenvalue weighted by Crippen LogP contribution is -2.14. The summed E-state index contributed by atoms with van der Waals surface area (Å²) in [5.41, 5.74) is 2.58. The van der Waals surface area contributed by atoms with Crippen LogP contribution in [0.15, 0.2) is 24.5 Å². The standard InChI is InChI=1S/C13H17FN4/c1-3-6-15-7-10-9-18(2)17-13(10)12-5-4-11(14)8-16-12/h4-5,8-9,15H,3,6-7H2,1-2H3. The molecule has 0 aliphatic heterocycles. The molecule has 2 heterocycles. The van der Waals surface area contributed by atoms with E-state index in [1.165, 1.54) is 12.3 Å². The van der Waals surface area contributed by atoms with E-state index in [0.29, 0.717) is 5.69 Å². The van der Waals surface area contributed by atoms with Crippen molar-refractivity contribution in [3.05, 3.63) is 35.9 Å². The molecule has 5 heteroatoms. The first-order valence-electron chi connectivity index (χ1n) is 6.06. The van der Waals surface area contributed by atoms with Crippen molar-refractivity contribution in [3.63, 3.8) is 0 Å². The Kier molecular flexibility index (Phi) is 4.04. The predicted octanol–water partition coefficient (Wildman–Crippen LogP) is 2.12. The maximum atomic E-state index is 12.9. The first-order valence-corrected chi connectivity index (χ1v) is 6.06. The topological polar surface area (TPSA) is 42.7 Å². The van der Waals surface area contributed by atoms with Crippen molar-refractivity contribution in [1.82, 2.24) is 20.1 Å². The molecular weight excluding hydrogens is 231 g/mol. The van der Waals surface area contributed by atoms with Crippen LogP contribution >= 0.6 is 0 Å². The second-order valence-corrected chi connectivity index (χ2v) is 4.22. The van der Waals surface area contributed by atoms with Gasteiger partial charge in [0.1, 0.15) is 11.5 Å². The van der Waals surface area contributed by atoms with Gasteiger partial charge in [0.05, 0.1) is 11.9 Å². The number of halogens is 1. The van der Waals surface area contributed by atoms with Gasteiger partial charge in [-0.25, -0.2) is 4.39 Å². The van der Waals surface area contributed by atoms with Gasteiger partial charge in [-0.3, -0.25) is 9.67 Å². The maximum absolute atomic E-state index is 12.9. The number of rotatable bonds is 5. The van der Waals surface area contributed by atoms with Crippen molar-refractivity contribution in [2.45, 2.75) is 19.9 Å². The Balaban J connectivity index is 2.23. The molecule has 0 unspecified atom stereocenters. The fourth-order valence-electron chi connectivity index (χ4n) is 1.80. The van der Waals surface area contributed by atoms with E-state index in [1.54, 1.807) is 10.7 Å². The molecule has 0 atom stereocenters. The summed E-state index contributed by atoms with van der Waals surface area (Å²) in [6.45, 7) is 3.83. The number of nitrogens with zero attached hydrogens (tertiary/aromatic N) is 3. The highest BCUT2D eigenvalue weighted by atomic mass is 19.1. The molecule has 0 radical (unpaired) electrons. The molecule has 0 aliphatic carbocycles. The molecule has 0 saturated heterocycles. The average Bonchev–Trinajstić information content (AvgIpc) is 2.72. The van der Waals surface area contributed by atoms with Crippen LogP contribution in [0.5, 0.6) is 0 Å². The summed E-state index contributed by atoms with van der Waals surface area (Å²) >= 11 is 0. The fourth-order valence-corrected chi connectivity index (χ4v) is 1.80. The fraction of sp³-hybridized carbons (Fsp3) is 0.385. The predicted molar refractivity (Wildman–Crippen MR) is 68.4 cm³/mol. The van der Waals surface area contributed by atoms with Crippen LogP contribution in [0.25, 0.3) is 11.4 Å². The lowest BCUT2D eigenvalue weighted by molar-refractivity contribution is 0.621. The van der Waals surface area contributed by atoms with Crippen LogP contribution in [0, 0.1) is 5.82 Å². The van der Waals surface area contributed by atoms with Gasteiger partial charge >= 0.3 is 0 Å². The largest absolute Gasteiger partial charge is 0.313 e. The second kappa shape index (κ2) is 5.73. The van der Waals surface area contributed by atoms with E-state index in [4.69, 9.17) is 0 Å². The zero-order chi connectivity index (χ0) is 13.0. The highest BCUT2D eigenvalue weighted by Crippen LogP contribution is 2.19. The summed E-state index contributed by atoms with van der Waals surface area (Å²) in [6, 6.07) is 3.06. The van der Waals surface area contributed by atoms with Crippen LogP contribution < -0.4 is 5.32 Å². The van der Waals surface area contributed by atoms with Gasteiger partial charge in [0, 0.05) is 25.4 Å². The summed E-state index contributed by atoms with van der Waals surface area (Å²) in [6.07, 6.45) is 4.26. The van der Waals surface area contributed by atoms with Gasteiger partial charge in [0.15, 0.2) is 0 Å². The Labute approximate surface area is 106 Å². The smallest absolute Gasteiger partial charge is 0.141 e. The highest BCUT2D eigenvalue weighted by molar-refractivity contribution is 5.57. The second-order valence-electron chi connectivity index (χ2n) is 4.22. The molecule has 0 amide bonds. The molecular formula is C13H17FN4. The van der Waals surface area contributed by atoms with Crippen LogP contribution in [0.2, 0.25) is 0 Å². The van der Waals surface area contributed by atoms with Crippen LogP contribution in [-0.4, -0.2) is 21.3 Å². The van der Waals surface area contributed by atoms with Crippen LogP contribution in [0.4, 0.5) is 4.39 Å². The van der Waals surface area contributed by atoms with E-state index >= 15 is 0 Å². The Hall–Kier alpha value is -1.75. The minimum atomic E-state index is -0.333. The maximum Gasteiger partial charge on any atom is 0.141 e. The van der Waals surface area contributed by atoms with Crippen molar-refractivity contribution in [1.29, 1.82) is 0 Å². The average molecular weight is 248 g/mol. The van der Waals surface area contributed by atoms with Crippen molar-refractivity contribution >= 4 is 0 Å². The molecule has 2 rings (SSSR count). The molecule has 2 aromatic rings.